The molecule has 1 saturated heterocycles. The van der Waals surface area contributed by atoms with Gasteiger partial charge in [-0.15, -0.1) is 0 Å². The Morgan fingerprint density at radius 2 is 1.65 bits per heavy atom. The number of carbonyl (C=O) groups is 3. The van der Waals surface area contributed by atoms with E-state index in [0.29, 0.717) is 30.7 Å². The number of piperidine rings is 1. The van der Waals surface area contributed by atoms with Crippen LogP contribution in [0.1, 0.15) is 25.3 Å². The number of rotatable bonds is 8. The highest BCUT2D eigenvalue weighted by Gasteiger charge is 2.42. The number of aliphatic carboxylic acids is 2. The molecule has 1 unspecified atom stereocenters. The number of amides is 1. The molecule has 1 amide bonds. The fourth-order valence-electron chi connectivity index (χ4n) is 4.07. The Morgan fingerprint density at radius 3 is 2.19 bits per heavy atom. The Balaban J connectivity index is 0.000000521. The number of hydrogen-bond donors (Lipinski definition) is 4. The number of phenols is 1. The number of nitrogens with zero attached hydrogens (tertiary/aromatic N) is 2. The molecule has 0 aliphatic carbocycles. The van der Waals surface area contributed by atoms with Crippen LogP contribution in [-0.4, -0.2) is 75.5 Å². The van der Waals surface area contributed by atoms with Crippen LogP contribution in [0.15, 0.2) is 60.7 Å². The van der Waals surface area contributed by atoms with Crippen LogP contribution in [-0.2, 0) is 20.8 Å². The molecule has 0 spiro atoms. The molecule has 0 radical (unpaired) electrons. The summed E-state index contributed by atoms with van der Waals surface area (Å²) in [7, 11) is 1.68. The van der Waals surface area contributed by atoms with Crippen LogP contribution >= 0.6 is 11.6 Å². The molecule has 3 rings (SSSR count). The maximum Gasteiger partial charge on any atom is 0.328 e. The second kappa shape index (κ2) is 13.8. The van der Waals surface area contributed by atoms with Crippen LogP contribution in [0.4, 0.5) is 5.69 Å². The number of likely N-dealkylation sites (tertiary alicyclic amines) is 1. The first-order chi connectivity index (χ1) is 17.4. The number of hydrogen-bond acceptors (Lipinski definition) is 6. The maximum atomic E-state index is 12.9. The first-order valence-corrected chi connectivity index (χ1v) is 12.2. The lowest BCUT2D eigenvalue weighted by atomic mass is 9.79. The van der Waals surface area contributed by atoms with E-state index in [-0.39, 0.29) is 11.7 Å². The lowest BCUT2D eigenvalue weighted by Crippen LogP contribution is -2.52. The van der Waals surface area contributed by atoms with Crippen LogP contribution in [0.3, 0.4) is 0 Å². The topological polar surface area (TPSA) is 139 Å². The van der Waals surface area contributed by atoms with Gasteiger partial charge in [0.2, 0.25) is 5.91 Å². The first-order valence-electron chi connectivity index (χ1n) is 11.8. The number of aromatic hydroxyl groups is 1. The van der Waals surface area contributed by atoms with Gasteiger partial charge in [-0.25, -0.2) is 9.59 Å². The van der Waals surface area contributed by atoms with E-state index in [0.717, 1.165) is 36.6 Å². The summed E-state index contributed by atoms with van der Waals surface area (Å²) in [6.45, 7) is 4.16. The molecule has 10 heteroatoms. The molecular weight excluding hydrogens is 500 g/mol. The van der Waals surface area contributed by atoms with Gasteiger partial charge >= 0.3 is 11.9 Å². The molecule has 2 aromatic carbocycles. The summed E-state index contributed by atoms with van der Waals surface area (Å²) in [5.74, 6) is -3.08. The van der Waals surface area contributed by atoms with Gasteiger partial charge in [0, 0.05) is 55.6 Å². The molecule has 37 heavy (non-hydrogen) atoms. The molecular formula is C27H33ClN2O7. The number of halogens is 1. The van der Waals surface area contributed by atoms with E-state index < -0.39 is 23.5 Å². The number of carbonyl (C=O) groups excluding carboxylic acids is 1. The van der Waals surface area contributed by atoms with E-state index >= 15 is 0 Å². The quantitative estimate of drug-likeness (QED) is 0.379. The third-order valence-electron chi connectivity index (χ3n) is 6.47. The Labute approximate surface area is 221 Å². The largest absolute Gasteiger partial charge is 0.508 e. The first kappa shape index (κ1) is 29.8. The lowest BCUT2D eigenvalue weighted by molar-refractivity contribution is -0.135. The Hall–Kier alpha value is -3.40. The van der Waals surface area contributed by atoms with Crippen molar-refractivity contribution >= 4 is 35.1 Å². The minimum atomic E-state index is -1.26. The molecule has 4 N–H and O–H groups in total. The van der Waals surface area contributed by atoms with Gasteiger partial charge in [-0.1, -0.05) is 42.8 Å². The van der Waals surface area contributed by atoms with Gasteiger partial charge in [-0.05, 0) is 43.0 Å². The number of benzene rings is 2. The minimum Gasteiger partial charge on any atom is -0.508 e. The number of phenolic OH excluding ortho intramolecular Hbond substituents is 1. The van der Waals surface area contributed by atoms with Crippen LogP contribution in [0, 0.1) is 5.92 Å². The summed E-state index contributed by atoms with van der Waals surface area (Å²) >= 11 is 6.24. The van der Waals surface area contributed by atoms with Crippen molar-refractivity contribution in [3.05, 3.63) is 71.3 Å². The number of carboxylic acids is 2. The van der Waals surface area contributed by atoms with Gasteiger partial charge in [0.25, 0.3) is 0 Å². The molecule has 9 nitrogen and oxygen atoms in total. The average molecular weight is 533 g/mol. The normalized spacial score (nSPS) is 15.9. The van der Waals surface area contributed by atoms with Crippen molar-refractivity contribution in [3.8, 4) is 5.75 Å². The third kappa shape index (κ3) is 9.20. The fourth-order valence-corrected chi connectivity index (χ4v) is 4.30. The molecule has 0 saturated carbocycles. The zero-order valence-electron chi connectivity index (χ0n) is 20.9. The van der Waals surface area contributed by atoms with E-state index in [1.54, 1.807) is 38.2 Å². The number of aliphatic hydroxyl groups is 1. The van der Waals surface area contributed by atoms with Crippen LogP contribution < -0.4 is 4.90 Å². The highest BCUT2D eigenvalue weighted by molar-refractivity contribution is 6.31. The smallest absolute Gasteiger partial charge is 0.328 e. The molecule has 0 aromatic heterocycles. The van der Waals surface area contributed by atoms with Crippen LogP contribution in [0.2, 0.25) is 5.02 Å². The van der Waals surface area contributed by atoms with Crippen LogP contribution in [0.25, 0.3) is 0 Å². The summed E-state index contributed by atoms with van der Waals surface area (Å²) in [6.07, 6.45) is 3.09. The van der Waals surface area contributed by atoms with Gasteiger partial charge < -0.3 is 30.2 Å². The second-order valence-corrected chi connectivity index (χ2v) is 9.34. The Bertz CT molecular complexity index is 1100. The van der Waals surface area contributed by atoms with Crippen molar-refractivity contribution in [2.75, 3.05) is 31.6 Å². The summed E-state index contributed by atoms with van der Waals surface area (Å²) < 4.78 is 0. The molecule has 1 fully saturated rings. The highest BCUT2D eigenvalue weighted by atomic mass is 35.5. The molecule has 1 aliphatic heterocycles. The van der Waals surface area contributed by atoms with Gasteiger partial charge in [0.15, 0.2) is 0 Å². The third-order valence-corrected chi connectivity index (χ3v) is 6.84. The van der Waals surface area contributed by atoms with Crippen molar-refractivity contribution in [3.63, 3.8) is 0 Å². The van der Waals surface area contributed by atoms with Crippen molar-refractivity contribution in [1.82, 2.24) is 4.90 Å². The molecule has 0 bridgehead atoms. The highest BCUT2D eigenvalue weighted by Crippen LogP contribution is 2.32. The predicted molar refractivity (Wildman–Crippen MR) is 141 cm³/mol. The Kier molecular flexibility index (Phi) is 11.1. The van der Waals surface area contributed by atoms with E-state index in [4.69, 9.17) is 21.8 Å². The van der Waals surface area contributed by atoms with Crippen molar-refractivity contribution < 1.29 is 34.8 Å². The summed E-state index contributed by atoms with van der Waals surface area (Å²) in [5.41, 5.74) is 0.720. The summed E-state index contributed by atoms with van der Waals surface area (Å²) in [5, 5.41) is 37.2. The minimum absolute atomic E-state index is 0.111. The van der Waals surface area contributed by atoms with Gasteiger partial charge in [-0.3, -0.25) is 4.79 Å². The standard InChI is InChI=1S/C23H29ClN2O3.C4H4O4/c1-17(22(28)25(2)19-7-5-8-20(27)16-19)23(29)11-14-26(15-12-23)13-10-18-6-3-4-9-21(18)24;5-3(6)1-2-4(7)8/h3-9,16-17,27,29H,10-15H2,1-2H3;1-2H,(H,5,6)(H,7,8)/b;2-1+. The Morgan fingerprint density at radius 1 is 1.05 bits per heavy atom. The molecule has 2 aromatic rings. The van der Waals surface area contributed by atoms with Crippen molar-refractivity contribution in [2.45, 2.75) is 31.8 Å². The number of anilines is 1. The van der Waals surface area contributed by atoms with Gasteiger partial charge in [0.05, 0.1) is 11.5 Å². The second-order valence-electron chi connectivity index (χ2n) is 8.94. The average Bonchev–Trinajstić information content (AvgIpc) is 2.87. The fraction of sp³-hybridized carbons (Fsp3) is 0.370. The lowest BCUT2D eigenvalue weighted by Gasteiger charge is -2.42. The maximum absolute atomic E-state index is 12.9. The molecule has 1 atom stereocenters. The van der Waals surface area contributed by atoms with E-state index in [1.807, 2.05) is 24.3 Å². The van der Waals surface area contributed by atoms with Gasteiger partial charge in [0.1, 0.15) is 5.75 Å². The zero-order valence-corrected chi connectivity index (χ0v) is 21.6. The molecule has 1 aliphatic rings. The summed E-state index contributed by atoms with van der Waals surface area (Å²) in [6, 6.07) is 14.5. The van der Waals surface area contributed by atoms with Gasteiger partial charge in [-0.2, -0.15) is 0 Å². The van der Waals surface area contributed by atoms with Crippen LogP contribution in [0.5, 0.6) is 5.75 Å². The monoisotopic (exact) mass is 532 g/mol. The number of carboxylic acid groups (broad SMARTS) is 2. The molecule has 200 valence electrons. The SMILES string of the molecule is CC(C(=O)N(C)c1cccc(O)c1)C1(O)CCN(CCc2ccccc2Cl)CC1.O=C(O)/C=C/C(=O)O. The predicted octanol–water partition coefficient (Wildman–Crippen LogP) is 3.43. The molecule has 1 heterocycles. The van der Waals surface area contributed by atoms with E-state index in [1.165, 1.54) is 4.90 Å². The van der Waals surface area contributed by atoms with Crippen molar-refractivity contribution in [1.29, 1.82) is 0 Å². The van der Waals surface area contributed by atoms with E-state index in [9.17, 15) is 24.6 Å². The summed E-state index contributed by atoms with van der Waals surface area (Å²) in [4.78, 5) is 35.9. The van der Waals surface area contributed by atoms with Crippen molar-refractivity contribution in [2.24, 2.45) is 5.92 Å². The van der Waals surface area contributed by atoms with E-state index in [2.05, 4.69) is 4.90 Å². The zero-order chi connectivity index (χ0) is 27.6.